The fourth-order valence-electron chi connectivity index (χ4n) is 3.69. The molecule has 1 saturated heterocycles. The zero-order chi connectivity index (χ0) is 15.4. The average Bonchev–Trinajstić information content (AvgIpc) is 2.56. The maximum absolute atomic E-state index is 12.6. The molecule has 4 nitrogen and oxygen atoms in total. The zero-order valence-corrected chi connectivity index (χ0v) is 13.3. The number of benzene rings is 1. The third kappa shape index (κ3) is 3.61. The van der Waals surface area contributed by atoms with Gasteiger partial charge in [-0.15, -0.1) is 0 Å². The van der Waals surface area contributed by atoms with Crippen molar-refractivity contribution in [2.24, 2.45) is 11.7 Å². The van der Waals surface area contributed by atoms with Gasteiger partial charge in [-0.25, -0.2) is 0 Å². The molecule has 1 saturated carbocycles. The number of nitrogens with two attached hydrogens (primary N) is 1. The highest BCUT2D eigenvalue weighted by Gasteiger charge is 2.26. The number of anilines is 2. The molecule has 120 valence electrons. The van der Waals surface area contributed by atoms with Gasteiger partial charge in [-0.2, -0.15) is 0 Å². The largest absolute Gasteiger partial charge is 0.370 e. The van der Waals surface area contributed by atoms with Gasteiger partial charge in [-0.3, -0.25) is 4.79 Å². The lowest BCUT2D eigenvalue weighted by atomic mass is 9.85. The maximum atomic E-state index is 12.6. The number of nitrogens with zero attached hydrogens (tertiary/aromatic N) is 1. The second-order valence-corrected chi connectivity index (χ2v) is 6.68. The SMILES string of the molecule is NC1CCCC(C(=O)Nc2ccccc2N2CCCCC2)C1. The third-order valence-electron chi connectivity index (χ3n) is 4.94. The summed E-state index contributed by atoms with van der Waals surface area (Å²) in [5.41, 5.74) is 8.13. The quantitative estimate of drug-likeness (QED) is 0.901. The van der Waals surface area contributed by atoms with Gasteiger partial charge in [0, 0.05) is 25.0 Å². The van der Waals surface area contributed by atoms with Gasteiger partial charge < -0.3 is 16.0 Å². The normalized spacial score (nSPS) is 25.8. The number of rotatable bonds is 3. The van der Waals surface area contributed by atoms with Gasteiger partial charge in [-0.1, -0.05) is 18.6 Å². The average molecular weight is 301 g/mol. The molecule has 4 heteroatoms. The van der Waals surface area contributed by atoms with E-state index in [0.717, 1.165) is 50.1 Å². The second-order valence-electron chi connectivity index (χ2n) is 6.68. The van der Waals surface area contributed by atoms with Crippen LogP contribution in [0.25, 0.3) is 0 Å². The van der Waals surface area contributed by atoms with Crippen molar-refractivity contribution in [1.82, 2.24) is 0 Å². The van der Waals surface area contributed by atoms with Crippen LogP contribution >= 0.6 is 0 Å². The van der Waals surface area contributed by atoms with E-state index in [1.165, 1.54) is 19.3 Å². The summed E-state index contributed by atoms with van der Waals surface area (Å²) in [4.78, 5) is 15.0. The molecule has 0 bridgehead atoms. The lowest BCUT2D eigenvalue weighted by Gasteiger charge is -2.31. The Morgan fingerprint density at radius 3 is 2.64 bits per heavy atom. The van der Waals surface area contributed by atoms with Gasteiger partial charge in [0.1, 0.15) is 0 Å². The Morgan fingerprint density at radius 1 is 1.09 bits per heavy atom. The van der Waals surface area contributed by atoms with Crippen molar-refractivity contribution in [2.45, 2.75) is 51.0 Å². The molecule has 3 N–H and O–H groups in total. The van der Waals surface area contributed by atoms with Crippen LogP contribution in [-0.4, -0.2) is 25.0 Å². The van der Waals surface area contributed by atoms with Crippen molar-refractivity contribution in [3.63, 3.8) is 0 Å². The van der Waals surface area contributed by atoms with Crippen LogP contribution in [-0.2, 0) is 4.79 Å². The van der Waals surface area contributed by atoms with Crippen LogP contribution in [0, 0.1) is 5.92 Å². The number of para-hydroxylation sites is 2. The van der Waals surface area contributed by atoms with Crippen LogP contribution < -0.4 is 16.0 Å². The molecule has 1 aromatic carbocycles. The van der Waals surface area contributed by atoms with E-state index in [4.69, 9.17) is 5.73 Å². The zero-order valence-electron chi connectivity index (χ0n) is 13.3. The summed E-state index contributed by atoms with van der Waals surface area (Å²) in [6.07, 6.45) is 7.68. The molecule has 1 amide bonds. The van der Waals surface area contributed by atoms with E-state index in [2.05, 4.69) is 22.3 Å². The topological polar surface area (TPSA) is 58.4 Å². The first-order valence-electron chi connectivity index (χ1n) is 8.64. The van der Waals surface area contributed by atoms with Crippen molar-refractivity contribution in [2.75, 3.05) is 23.3 Å². The molecule has 1 aliphatic carbocycles. The third-order valence-corrected chi connectivity index (χ3v) is 4.94. The van der Waals surface area contributed by atoms with E-state index < -0.39 is 0 Å². The summed E-state index contributed by atoms with van der Waals surface area (Å²) in [6, 6.07) is 8.37. The Labute approximate surface area is 133 Å². The molecule has 1 heterocycles. The Hall–Kier alpha value is -1.55. The summed E-state index contributed by atoms with van der Waals surface area (Å²) < 4.78 is 0. The van der Waals surface area contributed by atoms with Gasteiger partial charge in [0.2, 0.25) is 5.91 Å². The Morgan fingerprint density at radius 2 is 1.86 bits per heavy atom. The number of amides is 1. The van der Waals surface area contributed by atoms with Crippen LogP contribution in [0.2, 0.25) is 0 Å². The highest BCUT2D eigenvalue weighted by Crippen LogP contribution is 2.30. The number of hydrogen-bond acceptors (Lipinski definition) is 3. The van der Waals surface area contributed by atoms with Gasteiger partial charge in [0.25, 0.3) is 0 Å². The Bertz CT molecular complexity index is 511. The maximum Gasteiger partial charge on any atom is 0.227 e. The van der Waals surface area contributed by atoms with Gasteiger partial charge in [0.15, 0.2) is 0 Å². The Kier molecular flexibility index (Phi) is 4.98. The summed E-state index contributed by atoms with van der Waals surface area (Å²) in [7, 11) is 0. The molecule has 1 aromatic rings. The monoisotopic (exact) mass is 301 g/mol. The number of carbonyl (C=O) groups excluding carboxylic acids is 1. The first-order chi connectivity index (χ1) is 10.7. The minimum atomic E-state index is 0.0677. The predicted octanol–water partition coefficient (Wildman–Crippen LogP) is 3.13. The first kappa shape index (κ1) is 15.3. The number of piperidine rings is 1. The number of carbonyl (C=O) groups is 1. The summed E-state index contributed by atoms with van der Waals surface area (Å²) >= 11 is 0. The summed E-state index contributed by atoms with van der Waals surface area (Å²) in [5, 5.41) is 3.16. The molecule has 3 rings (SSSR count). The molecular weight excluding hydrogens is 274 g/mol. The molecule has 2 aliphatic rings. The van der Waals surface area contributed by atoms with Crippen LogP contribution in [0.15, 0.2) is 24.3 Å². The van der Waals surface area contributed by atoms with Crippen molar-refractivity contribution in [1.29, 1.82) is 0 Å². The lowest BCUT2D eigenvalue weighted by molar-refractivity contribution is -0.120. The predicted molar refractivity (Wildman–Crippen MR) is 91.1 cm³/mol. The molecule has 0 spiro atoms. The molecular formula is C18H27N3O. The van der Waals surface area contributed by atoms with Gasteiger partial charge >= 0.3 is 0 Å². The van der Waals surface area contributed by atoms with E-state index in [-0.39, 0.29) is 17.9 Å². The van der Waals surface area contributed by atoms with Crippen molar-refractivity contribution in [3.8, 4) is 0 Å². The molecule has 0 radical (unpaired) electrons. The van der Waals surface area contributed by atoms with Crippen LogP contribution in [0.1, 0.15) is 44.9 Å². The summed E-state index contributed by atoms with van der Waals surface area (Å²) in [5.74, 6) is 0.206. The fourth-order valence-corrected chi connectivity index (χ4v) is 3.69. The number of nitrogens with one attached hydrogen (secondary N) is 1. The molecule has 2 fully saturated rings. The smallest absolute Gasteiger partial charge is 0.227 e. The molecule has 22 heavy (non-hydrogen) atoms. The van der Waals surface area contributed by atoms with Crippen LogP contribution in [0.3, 0.4) is 0 Å². The van der Waals surface area contributed by atoms with Gasteiger partial charge in [0.05, 0.1) is 11.4 Å². The van der Waals surface area contributed by atoms with Crippen LogP contribution in [0.4, 0.5) is 11.4 Å². The van der Waals surface area contributed by atoms with E-state index in [1.54, 1.807) is 0 Å². The number of hydrogen-bond donors (Lipinski definition) is 2. The van der Waals surface area contributed by atoms with Crippen molar-refractivity contribution < 1.29 is 4.79 Å². The molecule has 2 atom stereocenters. The summed E-state index contributed by atoms with van der Waals surface area (Å²) in [6.45, 7) is 2.17. The van der Waals surface area contributed by atoms with Crippen molar-refractivity contribution in [3.05, 3.63) is 24.3 Å². The van der Waals surface area contributed by atoms with Gasteiger partial charge in [-0.05, 0) is 50.7 Å². The molecule has 1 aliphatic heterocycles. The molecule has 0 aromatic heterocycles. The van der Waals surface area contributed by atoms with E-state index >= 15 is 0 Å². The minimum absolute atomic E-state index is 0.0677. The first-order valence-corrected chi connectivity index (χ1v) is 8.64. The van der Waals surface area contributed by atoms with Crippen LogP contribution in [0.5, 0.6) is 0 Å². The van der Waals surface area contributed by atoms with Crippen molar-refractivity contribution >= 4 is 17.3 Å². The minimum Gasteiger partial charge on any atom is -0.370 e. The highest BCUT2D eigenvalue weighted by atomic mass is 16.1. The van der Waals surface area contributed by atoms with E-state index in [0.29, 0.717) is 0 Å². The Balaban J connectivity index is 1.70. The standard InChI is InChI=1S/C18H27N3O/c19-15-8-6-7-14(13-15)18(22)20-16-9-2-3-10-17(16)21-11-4-1-5-12-21/h2-3,9-10,14-15H,1,4-8,11-13,19H2,(H,20,22). The molecule has 2 unspecified atom stereocenters. The van der Waals surface area contributed by atoms with E-state index in [1.807, 2.05) is 12.1 Å². The second kappa shape index (κ2) is 7.14. The fraction of sp³-hybridized carbons (Fsp3) is 0.611. The highest BCUT2D eigenvalue weighted by molar-refractivity contribution is 5.95. The lowest BCUT2D eigenvalue weighted by Crippen LogP contribution is -2.35. The van der Waals surface area contributed by atoms with E-state index in [9.17, 15) is 4.79 Å².